The number of carbonyl (C=O) groups is 2. The van der Waals surface area contributed by atoms with Gasteiger partial charge in [-0.1, -0.05) is 20.8 Å². The minimum atomic E-state index is -0.562. The zero-order valence-electron chi connectivity index (χ0n) is 11.2. The number of hydrogen-bond donors (Lipinski definition) is 1. The average Bonchev–Trinajstić information content (AvgIpc) is 2.56. The Balaban J connectivity index is 2.25. The molecule has 2 amide bonds. The lowest BCUT2D eigenvalue weighted by atomic mass is 9.68. The Hall–Kier alpha value is -1.10. The molecule has 2 fully saturated rings. The third-order valence-electron chi connectivity index (χ3n) is 4.02. The number of imide groups is 1. The fourth-order valence-corrected chi connectivity index (χ4v) is 3.11. The van der Waals surface area contributed by atoms with E-state index in [2.05, 4.69) is 20.8 Å². The maximum Gasteiger partial charge on any atom is 0.417 e. The lowest BCUT2D eigenvalue weighted by Gasteiger charge is -2.44. The van der Waals surface area contributed by atoms with Crippen molar-refractivity contribution in [2.24, 2.45) is 11.3 Å². The summed E-state index contributed by atoms with van der Waals surface area (Å²) < 4.78 is 4.78. The molecule has 2 aliphatic rings. The number of hydrogen-bond acceptors (Lipinski definition) is 4. The minimum Gasteiger partial charge on any atom is -0.439 e. The van der Waals surface area contributed by atoms with Gasteiger partial charge in [0, 0.05) is 6.04 Å². The monoisotopic (exact) mass is 255 g/mol. The lowest BCUT2D eigenvalue weighted by Crippen LogP contribution is -2.51. The molecule has 1 heterocycles. The Kier molecular flexibility index (Phi) is 3.36. The number of aliphatic hydroxyl groups is 1. The predicted molar refractivity (Wildman–Crippen MR) is 64.8 cm³/mol. The quantitative estimate of drug-likeness (QED) is 0.771. The SMILES string of the molecule is CC(C)(C)C1CCC(O)CC1N1C(=O)COC1=O. The van der Waals surface area contributed by atoms with Gasteiger partial charge in [-0.25, -0.2) is 9.69 Å². The standard InChI is InChI=1S/C13H21NO4/c1-13(2,3)9-5-4-8(15)6-10(9)14-11(16)7-18-12(14)17/h8-10,15H,4-7H2,1-3H3. The Morgan fingerprint density at radius 3 is 2.44 bits per heavy atom. The summed E-state index contributed by atoms with van der Waals surface area (Å²) in [5.41, 5.74) is -0.00600. The Bertz CT molecular complexity index is 344. The molecule has 1 saturated carbocycles. The molecule has 3 unspecified atom stereocenters. The van der Waals surface area contributed by atoms with E-state index < -0.39 is 12.2 Å². The zero-order chi connectivity index (χ0) is 13.5. The predicted octanol–water partition coefficient (Wildman–Crippen LogP) is 1.54. The van der Waals surface area contributed by atoms with Gasteiger partial charge in [-0.15, -0.1) is 0 Å². The van der Waals surface area contributed by atoms with Crippen molar-refractivity contribution in [1.82, 2.24) is 4.90 Å². The topological polar surface area (TPSA) is 66.8 Å². The molecule has 1 aliphatic heterocycles. The van der Waals surface area contributed by atoms with Crippen molar-refractivity contribution in [2.75, 3.05) is 6.61 Å². The smallest absolute Gasteiger partial charge is 0.417 e. The van der Waals surface area contributed by atoms with E-state index in [0.29, 0.717) is 6.42 Å². The second-order valence-corrected chi connectivity index (χ2v) is 6.33. The number of rotatable bonds is 1. The highest BCUT2D eigenvalue weighted by Crippen LogP contribution is 2.41. The Labute approximate surface area is 107 Å². The Morgan fingerprint density at radius 2 is 1.94 bits per heavy atom. The normalized spacial score (nSPS) is 33.8. The molecule has 1 aliphatic carbocycles. The van der Waals surface area contributed by atoms with Gasteiger partial charge in [0.25, 0.3) is 5.91 Å². The van der Waals surface area contributed by atoms with Gasteiger partial charge in [0.2, 0.25) is 0 Å². The zero-order valence-corrected chi connectivity index (χ0v) is 11.2. The molecule has 0 spiro atoms. The number of ether oxygens (including phenoxy) is 1. The van der Waals surface area contributed by atoms with Crippen molar-refractivity contribution >= 4 is 12.0 Å². The molecule has 0 bridgehead atoms. The molecule has 102 valence electrons. The second kappa shape index (κ2) is 4.53. The summed E-state index contributed by atoms with van der Waals surface area (Å²) in [7, 11) is 0. The van der Waals surface area contributed by atoms with Gasteiger partial charge >= 0.3 is 6.09 Å². The van der Waals surface area contributed by atoms with Crippen LogP contribution in [0.3, 0.4) is 0 Å². The van der Waals surface area contributed by atoms with Crippen molar-refractivity contribution in [1.29, 1.82) is 0 Å². The highest BCUT2D eigenvalue weighted by atomic mass is 16.6. The van der Waals surface area contributed by atoms with Crippen LogP contribution < -0.4 is 0 Å². The fourth-order valence-electron chi connectivity index (χ4n) is 3.11. The van der Waals surface area contributed by atoms with E-state index >= 15 is 0 Å². The summed E-state index contributed by atoms with van der Waals surface area (Å²) in [5, 5.41) is 9.81. The van der Waals surface area contributed by atoms with E-state index in [1.807, 2.05) is 0 Å². The van der Waals surface area contributed by atoms with E-state index in [1.165, 1.54) is 4.90 Å². The van der Waals surface area contributed by atoms with Crippen LogP contribution in [0.4, 0.5) is 4.79 Å². The minimum absolute atomic E-state index is 0.00600. The van der Waals surface area contributed by atoms with Crippen molar-refractivity contribution in [3.8, 4) is 0 Å². The van der Waals surface area contributed by atoms with Crippen molar-refractivity contribution in [2.45, 2.75) is 52.2 Å². The molecule has 0 radical (unpaired) electrons. The van der Waals surface area contributed by atoms with Crippen LogP contribution in [0.1, 0.15) is 40.0 Å². The third kappa shape index (κ3) is 2.36. The number of amides is 2. The summed E-state index contributed by atoms with van der Waals surface area (Å²) in [4.78, 5) is 24.6. The van der Waals surface area contributed by atoms with E-state index in [0.717, 1.165) is 12.8 Å². The molecular formula is C13H21NO4. The van der Waals surface area contributed by atoms with Crippen LogP contribution in [0, 0.1) is 11.3 Å². The maximum atomic E-state index is 11.8. The molecular weight excluding hydrogens is 234 g/mol. The third-order valence-corrected chi connectivity index (χ3v) is 4.02. The number of nitrogens with zero attached hydrogens (tertiary/aromatic N) is 1. The van der Waals surface area contributed by atoms with Crippen LogP contribution in [-0.4, -0.2) is 40.8 Å². The first-order valence-electron chi connectivity index (χ1n) is 6.47. The second-order valence-electron chi connectivity index (χ2n) is 6.33. The lowest BCUT2D eigenvalue weighted by molar-refractivity contribution is -0.130. The van der Waals surface area contributed by atoms with Gasteiger partial charge in [0.1, 0.15) is 0 Å². The van der Waals surface area contributed by atoms with Crippen LogP contribution in [0.25, 0.3) is 0 Å². The fraction of sp³-hybridized carbons (Fsp3) is 0.846. The van der Waals surface area contributed by atoms with Gasteiger partial charge in [-0.2, -0.15) is 0 Å². The summed E-state index contributed by atoms with van der Waals surface area (Å²) in [6, 6.07) is -0.240. The van der Waals surface area contributed by atoms with Crippen molar-refractivity contribution < 1.29 is 19.4 Å². The summed E-state index contributed by atoms with van der Waals surface area (Å²) in [5.74, 6) is -0.0798. The molecule has 5 heteroatoms. The average molecular weight is 255 g/mol. The first-order chi connectivity index (χ1) is 8.30. The van der Waals surface area contributed by atoms with Crippen LogP contribution in [0.5, 0.6) is 0 Å². The van der Waals surface area contributed by atoms with Crippen molar-refractivity contribution in [3.05, 3.63) is 0 Å². The van der Waals surface area contributed by atoms with E-state index in [1.54, 1.807) is 0 Å². The van der Waals surface area contributed by atoms with Gasteiger partial charge in [0.05, 0.1) is 6.10 Å². The van der Waals surface area contributed by atoms with Crippen LogP contribution in [0.15, 0.2) is 0 Å². The summed E-state index contributed by atoms with van der Waals surface area (Å²) in [6.45, 7) is 6.15. The molecule has 0 aromatic rings. The Morgan fingerprint density at radius 1 is 1.28 bits per heavy atom. The first kappa shape index (κ1) is 13.3. The molecule has 2 rings (SSSR count). The summed E-state index contributed by atoms with van der Waals surface area (Å²) >= 11 is 0. The van der Waals surface area contributed by atoms with E-state index in [4.69, 9.17) is 4.74 Å². The van der Waals surface area contributed by atoms with Crippen LogP contribution in [0.2, 0.25) is 0 Å². The highest BCUT2D eigenvalue weighted by Gasteiger charge is 2.46. The number of cyclic esters (lactones) is 1. The van der Waals surface area contributed by atoms with E-state index in [9.17, 15) is 14.7 Å². The van der Waals surface area contributed by atoms with Gasteiger partial charge < -0.3 is 9.84 Å². The van der Waals surface area contributed by atoms with Gasteiger partial charge in [-0.05, 0) is 30.6 Å². The van der Waals surface area contributed by atoms with Gasteiger partial charge in [-0.3, -0.25) is 4.79 Å². The molecule has 0 aromatic heterocycles. The van der Waals surface area contributed by atoms with Gasteiger partial charge in [0.15, 0.2) is 6.61 Å². The molecule has 3 atom stereocenters. The molecule has 18 heavy (non-hydrogen) atoms. The van der Waals surface area contributed by atoms with Crippen LogP contribution >= 0.6 is 0 Å². The molecule has 1 saturated heterocycles. The first-order valence-corrected chi connectivity index (χ1v) is 6.47. The molecule has 0 aromatic carbocycles. The highest BCUT2D eigenvalue weighted by molar-refractivity contribution is 5.98. The molecule has 1 N–H and O–H groups in total. The maximum absolute atomic E-state index is 11.8. The number of carbonyl (C=O) groups excluding carboxylic acids is 2. The van der Waals surface area contributed by atoms with E-state index in [-0.39, 0.29) is 29.9 Å². The summed E-state index contributed by atoms with van der Waals surface area (Å²) in [6.07, 6.45) is 1.02. The van der Waals surface area contributed by atoms with Crippen LogP contribution in [-0.2, 0) is 9.53 Å². The largest absolute Gasteiger partial charge is 0.439 e. The molecule has 5 nitrogen and oxygen atoms in total. The number of aliphatic hydroxyl groups excluding tert-OH is 1. The van der Waals surface area contributed by atoms with Crippen molar-refractivity contribution in [3.63, 3.8) is 0 Å².